The minimum absolute atomic E-state index is 0.0918. The predicted octanol–water partition coefficient (Wildman–Crippen LogP) is 4.18. The summed E-state index contributed by atoms with van der Waals surface area (Å²) in [6.45, 7) is 0. The lowest BCUT2D eigenvalue weighted by Gasteiger charge is -2.18. The molecule has 2 aliphatic rings. The van der Waals surface area contributed by atoms with Gasteiger partial charge in [0.15, 0.2) is 0 Å². The molecule has 3 rings (SSSR count). The van der Waals surface area contributed by atoms with Gasteiger partial charge in [-0.05, 0) is 61.8 Å². The van der Waals surface area contributed by atoms with Gasteiger partial charge in [0.25, 0.3) is 0 Å². The van der Waals surface area contributed by atoms with Crippen LogP contribution in [0.25, 0.3) is 0 Å². The highest BCUT2D eigenvalue weighted by Gasteiger charge is 2.41. The number of ether oxygens (including phenoxy) is 1. The van der Waals surface area contributed by atoms with E-state index >= 15 is 0 Å². The molecule has 2 bridgehead atoms. The average molecular weight is 474 g/mol. The summed E-state index contributed by atoms with van der Waals surface area (Å²) < 4.78 is 71.7. The minimum Gasteiger partial charge on any atom is -0.481 e. The lowest BCUT2D eigenvalue weighted by Crippen LogP contribution is -2.32. The number of halogens is 3. The molecule has 2 aliphatic heterocycles. The van der Waals surface area contributed by atoms with Crippen LogP contribution in [0.5, 0.6) is 0 Å². The molecule has 0 amide bonds. The van der Waals surface area contributed by atoms with Gasteiger partial charge in [0.1, 0.15) is 0 Å². The third kappa shape index (κ3) is 6.59. The summed E-state index contributed by atoms with van der Waals surface area (Å²) in [7, 11) is -3.71. The quantitative estimate of drug-likeness (QED) is 0.372. The average Bonchev–Trinajstić information content (AvgIpc) is 3.31. The second-order valence-corrected chi connectivity index (χ2v) is 9.80. The van der Waals surface area contributed by atoms with Crippen molar-refractivity contribution < 1.29 is 36.2 Å². The number of allylic oxidation sites excluding steroid dienone is 2. The van der Waals surface area contributed by atoms with E-state index in [9.17, 15) is 26.4 Å². The molecule has 1 fully saturated rings. The first-order chi connectivity index (χ1) is 15.0. The number of nitrogens with one attached hydrogen (secondary N) is 1. The van der Waals surface area contributed by atoms with Crippen LogP contribution in [0.2, 0.25) is 0 Å². The maximum atomic E-state index is 12.7. The zero-order valence-electron chi connectivity index (χ0n) is 17.4. The zero-order chi connectivity index (χ0) is 23.4. The Morgan fingerprint density at radius 3 is 2.50 bits per heavy atom. The number of carboxylic acids is 1. The predicted molar refractivity (Wildman–Crippen MR) is 112 cm³/mol. The topological polar surface area (TPSA) is 92.7 Å². The van der Waals surface area contributed by atoms with E-state index in [4.69, 9.17) is 9.84 Å². The molecule has 32 heavy (non-hydrogen) atoms. The van der Waals surface area contributed by atoms with E-state index in [0.717, 1.165) is 30.5 Å². The number of alkyl halides is 3. The number of rotatable bonds is 11. The van der Waals surface area contributed by atoms with E-state index in [1.165, 1.54) is 12.1 Å². The number of fused-ring (bicyclic) bond motifs is 2. The van der Waals surface area contributed by atoms with Gasteiger partial charge in [0, 0.05) is 6.42 Å². The lowest BCUT2D eigenvalue weighted by molar-refractivity contribution is -0.138. The highest BCUT2D eigenvalue weighted by molar-refractivity contribution is 7.89. The summed E-state index contributed by atoms with van der Waals surface area (Å²) in [6.07, 6.45) is 2.37. The molecule has 2 heterocycles. The Hall–Kier alpha value is -2.33. The molecule has 6 nitrogen and oxygen atoms in total. The fourth-order valence-electron chi connectivity index (χ4n) is 3.89. The highest BCUT2D eigenvalue weighted by Crippen LogP contribution is 2.40. The van der Waals surface area contributed by atoms with Gasteiger partial charge in [-0.3, -0.25) is 9.52 Å². The number of benzene rings is 1. The van der Waals surface area contributed by atoms with Gasteiger partial charge in [0.2, 0.25) is 10.0 Å². The summed E-state index contributed by atoms with van der Waals surface area (Å²) >= 11 is 0. The number of aliphatic carboxylic acids is 1. The number of hydrogen-bond acceptors (Lipinski definition) is 4. The molecule has 0 aromatic heterocycles. The molecular weight excluding hydrogens is 447 g/mol. The standard InChI is InChI=1S/C22H26F3NO5S/c23-22(24,25)16-9-7-15(8-10-16)13-14-32(29,30)26-21-17(18-11-12-19(21)31-18)5-3-1-2-4-6-20(27)28/h1,3,7-10,18-19,26H,2,4-6,11-14H2,(H,27,28). The summed E-state index contributed by atoms with van der Waals surface area (Å²) in [5.74, 6) is -1.09. The van der Waals surface area contributed by atoms with Gasteiger partial charge in [-0.25, -0.2) is 8.42 Å². The normalized spacial score (nSPS) is 21.0. The molecule has 10 heteroatoms. The van der Waals surface area contributed by atoms with E-state index in [0.29, 0.717) is 30.5 Å². The van der Waals surface area contributed by atoms with Crippen LogP contribution in [0.1, 0.15) is 49.7 Å². The molecule has 0 radical (unpaired) electrons. The van der Waals surface area contributed by atoms with Crippen LogP contribution in [0.4, 0.5) is 13.2 Å². The fourth-order valence-corrected chi connectivity index (χ4v) is 5.09. The van der Waals surface area contributed by atoms with Crippen LogP contribution >= 0.6 is 0 Å². The van der Waals surface area contributed by atoms with Gasteiger partial charge in [0.05, 0.1) is 29.2 Å². The van der Waals surface area contributed by atoms with Gasteiger partial charge in [-0.1, -0.05) is 24.3 Å². The van der Waals surface area contributed by atoms with Crippen molar-refractivity contribution in [1.82, 2.24) is 4.72 Å². The smallest absolute Gasteiger partial charge is 0.416 e. The first kappa shape index (κ1) is 24.3. The third-order valence-corrected chi connectivity index (χ3v) is 6.82. The Labute approximate surface area is 185 Å². The number of carboxylic acid groups (broad SMARTS) is 1. The minimum atomic E-state index is -4.43. The summed E-state index contributed by atoms with van der Waals surface area (Å²) in [5.41, 5.74) is 1.18. The zero-order valence-corrected chi connectivity index (χ0v) is 18.2. The van der Waals surface area contributed by atoms with E-state index < -0.39 is 27.7 Å². The summed E-state index contributed by atoms with van der Waals surface area (Å²) in [6, 6.07) is 4.48. The molecule has 176 valence electrons. The van der Waals surface area contributed by atoms with Crippen LogP contribution in [0.3, 0.4) is 0 Å². The van der Waals surface area contributed by atoms with Crippen molar-refractivity contribution >= 4 is 16.0 Å². The number of carbonyl (C=O) groups is 1. The van der Waals surface area contributed by atoms with Crippen molar-refractivity contribution in [2.24, 2.45) is 0 Å². The first-order valence-electron chi connectivity index (χ1n) is 10.5. The molecule has 1 aromatic rings. The Balaban J connectivity index is 1.59. The Morgan fingerprint density at radius 1 is 1.16 bits per heavy atom. The Bertz CT molecular complexity index is 984. The molecule has 2 unspecified atom stereocenters. The first-order valence-corrected chi connectivity index (χ1v) is 12.1. The maximum absolute atomic E-state index is 12.7. The van der Waals surface area contributed by atoms with Crippen LogP contribution in [0, 0.1) is 0 Å². The summed E-state index contributed by atoms with van der Waals surface area (Å²) in [4.78, 5) is 10.5. The van der Waals surface area contributed by atoms with Crippen molar-refractivity contribution in [3.8, 4) is 0 Å². The number of unbranched alkanes of at least 4 members (excludes halogenated alkanes) is 1. The van der Waals surface area contributed by atoms with Crippen molar-refractivity contribution in [2.45, 2.75) is 63.3 Å². The van der Waals surface area contributed by atoms with Crippen LogP contribution in [0.15, 0.2) is 47.7 Å². The van der Waals surface area contributed by atoms with Crippen LogP contribution < -0.4 is 4.72 Å². The van der Waals surface area contributed by atoms with E-state index in [1.54, 1.807) is 0 Å². The molecule has 0 saturated carbocycles. The van der Waals surface area contributed by atoms with Gasteiger partial charge >= 0.3 is 12.1 Å². The van der Waals surface area contributed by atoms with Gasteiger partial charge in [-0.15, -0.1) is 0 Å². The van der Waals surface area contributed by atoms with E-state index in [-0.39, 0.29) is 30.8 Å². The molecule has 0 aliphatic carbocycles. The molecule has 2 atom stereocenters. The van der Waals surface area contributed by atoms with E-state index in [1.807, 2.05) is 12.2 Å². The summed E-state index contributed by atoms with van der Waals surface area (Å²) in [5, 5.41) is 8.66. The van der Waals surface area contributed by atoms with Crippen molar-refractivity contribution in [3.63, 3.8) is 0 Å². The number of sulfonamides is 1. The Kier molecular flexibility index (Phi) is 7.66. The van der Waals surface area contributed by atoms with Crippen LogP contribution in [-0.2, 0) is 32.2 Å². The Morgan fingerprint density at radius 2 is 1.84 bits per heavy atom. The third-order valence-electron chi connectivity index (χ3n) is 5.55. The SMILES string of the molecule is O=C(O)CCCC=CCC1=C(NS(=O)(=O)CCc2ccc(C(F)(F)F)cc2)C2CCC1O2. The molecule has 0 spiro atoms. The number of aryl methyl sites for hydroxylation is 1. The van der Waals surface area contributed by atoms with Gasteiger partial charge in [-0.2, -0.15) is 13.2 Å². The monoisotopic (exact) mass is 473 g/mol. The van der Waals surface area contributed by atoms with E-state index in [2.05, 4.69) is 4.72 Å². The van der Waals surface area contributed by atoms with Crippen molar-refractivity contribution in [2.75, 3.05) is 5.75 Å². The number of hydrogen-bond donors (Lipinski definition) is 2. The molecule has 1 aromatic carbocycles. The maximum Gasteiger partial charge on any atom is 0.416 e. The second-order valence-electron chi connectivity index (χ2n) is 7.96. The second kappa shape index (κ2) is 10.1. The highest BCUT2D eigenvalue weighted by atomic mass is 32.2. The molecular formula is C22H26F3NO5S. The van der Waals surface area contributed by atoms with Crippen molar-refractivity contribution in [3.05, 3.63) is 58.8 Å². The lowest BCUT2D eigenvalue weighted by atomic mass is 9.94. The largest absolute Gasteiger partial charge is 0.481 e. The molecule has 2 N–H and O–H groups in total. The van der Waals surface area contributed by atoms with Gasteiger partial charge < -0.3 is 9.84 Å². The fraction of sp³-hybridized carbons (Fsp3) is 0.500. The van der Waals surface area contributed by atoms with Crippen molar-refractivity contribution in [1.29, 1.82) is 0 Å². The van der Waals surface area contributed by atoms with Crippen LogP contribution in [-0.4, -0.2) is 37.5 Å². The molecule has 1 saturated heterocycles.